The SMILES string of the molecule is C=C(C)C(=O)OCc1ccc(OC(C)OCC)c(C)c1. The Bertz CT molecular complexity index is 479. The molecule has 1 aromatic rings. The normalized spacial score (nSPS) is 11.8. The Balaban J connectivity index is 2.63. The molecule has 0 spiro atoms. The van der Waals surface area contributed by atoms with Gasteiger partial charge in [-0.25, -0.2) is 4.79 Å². The van der Waals surface area contributed by atoms with E-state index < -0.39 is 0 Å². The number of carbonyl (C=O) groups excluding carboxylic acids is 1. The molecule has 1 rings (SSSR count). The Hall–Kier alpha value is -1.81. The first-order valence-corrected chi connectivity index (χ1v) is 6.64. The van der Waals surface area contributed by atoms with Crippen molar-refractivity contribution in [1.82, 2.24) is 0 Å². The van der Waals surface area contributed by atoms with Gasteiger partial charge in [0.1, 0.15) is 12.4 Å². The van der Waals surface area contributed by atoms with E-state index in [9.17, 15) is 4.79 Å². The summed E-state index contributed by atoms with van der Waals surface area (Å²) in [5, 5.41) is 0. The van der Waals surface area contributed by atoms with Crippen LogP contribution >= 0.6 is 0 Å². The highest BCUT2D eigenvalue weighted by Gasteiger charge is 2.08. The van der Waals surface area contributed by atoms with Crippen molar-refractivity contribution < 1.29 is 19.0 Å². The summed E-state index contributed by atoms with van der Waals surface area (Å²) in [4.78, 5) is 11.3. The second-order valence-electron chi connectivity index (χ2n) is 4.60. The maximum absolute atomic E-state index is 11.3. The van der Waals surface area contributed by atoms with Crippen LogP contribution in [0.2, 0.25) is 0 Å². The number of hydrogen-bond donors (Lipinski definition) is 0. The highest BCUT2D eigenvalue weighted by Crippen LogP contribution is 2.21. The molecule has 0 heterocycles. The monoisotopic (exact) mass is 278 g/mol. The van der Waals surface area contributed by atoms with Gasteiger partial charge in [-0.15, -0.1) is 0 Å². The average molecular weight is 278 g/mol. The van der Waals surface area contributed by atoms with Gasteiger partial charge in [0, 0.05) is 12.2 Å². The molecule has 0 bridgehead atoms. The van der Waals surface area contributed by atoms with Crippen molar-refractivity contribution in [2.45, 2.75) is 40.6 Å². The zero-order valence-corrected chi connectivity index (χ0v) is 12.6. The third kappa shape index (κ3) is 5.05. The van der Waals surface area contributed by atoms with Crippen LogP contribution in [0.1, 0.15) is 31.9 Å². The molecule has 1 unspecified atom stereocenters. The zero-order chi connectivity index (χ0) is 15.1. The van der Waals surface area contributed by atoms with Crippen molar-refractivity contribution in [3.05, 3.63) is 41.5 Å². The average Bonchev–Trinajstić information content (AvgIpc) is 2.39. The summed E-state index contributed by atoms with van der Waals surface area (Å²) in [5.74, 6) is 0.383. The van der Waals surface area contributed by atoms with Crippen molar-refractivity contribution in [2.75, 3.05) is 6.61 Å². The smallest absolute Gasteiger partial charge is 0.333 e. The number of rotatable bonds is 7. The fourth-order valence-corrected chi connectivity index (χ4v) is 1.65. The molecule has 1 atom stereocenters. The van der Waals surface area contributed by atoms with Crippen LogP contribution in [0.4, 0.5) is 0 Å². The van der Waals surface area contributed by atoms with E-state index >= 15 is 0 Å². The maximum atomic E-state index is 11.3. The lowest BCUT2D eigenvalue weighted by Crippen LogP contribution is -2.16. The van der Waals surface area contributed by atoms with E-state index in [1.807, 2.05) is 39.0 Å². The number of hydrogen-bond acceptors (Lipinski definition) is 4. The van der Waals surface area contributed by atoms with Crippen LogP contribution in [0, 0.1) is 6.92 Å². The molecule has 0 aliphatic carbocycles. The van der Waals surface area contributed by atoms with Crippen LogP contribution in [0.25, 0.3) is 0 Å². The lowest BCUT2D eigenvalue weighted by atomic mass is 10.1. The second-order valence-corrected chi connectivity index (χ2v) is 4.60. The van der Waals surface area contributed by atoms with Gasteiger partial charge in [0.25, 0.3) is 0 Å². The first-order chi connectivity index (χ1) is 9.43. The fraction of sp³-hybridized carbons (Fsp3) is 0.438. The van der Waals surface area contributed by atoms with Crippen LogP contribution in [-0.2, 0) is 20.9 Å². The number of benzene rings is 1. The van der Waals surface area contributed by atoms with Gasteiger partial charge in [-0.2, -0.15) is 0 Å². The van der Waals surface area contributed by atoms with E-state index in [-0.39, 0.29) is 18.9 Å². The summed E-state index contributed by atoms with van der Waals surface area (Å²) in [7, 11) is 0. The first kappa shape index (κ1) is 16.2. The van der Waals surface area contributed by atoms with E-state index in [0.29, 0.717) is 12.2 Å². The molecule has 4 heteroatoms. The van der Waals surface area contributed by atoms with Gasteiger partial charge in [-0.3, -0.25) is 0 Å². The van der Waals surface area contributed by atoms with Gasteiger partial charge in [-0.05, 0) is 51.0 Å². The number of ether oxygens (including phenoxy) is 3. The molecule has 4 nitrogen and oxygen atoms in total. The third-order valence-electron chi connectivity index (χ3n) is 2.65. The Morgan fingerprint density at radius 3 is 2.65 bits per heavy atom. The second kappa shape index (κ2) is 7.70. The summed E-state index contributed by atoms with van der Waals surface area (Å²) in [5.41, 5.74) is 2.28. The Morgan fingerprint density at radius 1 is 1.40 bits per heavy atom. The van der Waals surface area contributed by atoms with Crippen LogP contribution in [0.3, 0.4) is 0 Å². The molecule has 0 aliphatic rings. The van der Waals surface area contributed by atoms with Gasteiger partial charge < -0.3 is 14.2 Å². The maximum Gasteiger partial charge on any atom is 0.333 e. The Morgan fingerprint density at radius 2 is 2.10 bits per heavy atom. The lowest BCUT2D eigenvalue weighted by molar-refractivity contribution is -0.140. The van der Waals surface area contributed by atoms with Crippen LogP contribution in [0.5, 0.6) is 5.75 Å². The van der Waals surface area contributed by atoms with Gasteiger partial charge >= 0.3 is 5.97 Å². The molecule has 0 saturated carbocycles. The molecule has 0 aliphatic heterocycles. The third-order valence-corrected chi connectivity index (χ3v) is 2.65. The predicted octanol–water partition coefficient (Wildman–Crippen LogP) is 3.38. The minimum absolute atomic E-state index is 0.230. The minimum atomic E-state index is -0.382. The molecular weight excluding hydrogens is 256 g/mol. The summed E-state index contributed by atoms with van der Waals surface area (Å²) in [6.45, 7) is 11.7. The standard InChI is InChI=1S/C16H22O4/c1-6-18-13(5)20-15-8-7-14(9-12(15)4)10-19-16(17)11(2)3/h7-9,13H,2,6,10H2,1,3-5H3. The van der Waals surface area contributed by atoms with E-state index in [4.69, 9.17) is 14.2 Å². The molecule has 0 radical (unpaired) electrons. The summed E-state index contributed by atoms with van der Waals surface area (Å²) >= 11 is 0. The first-order valence-electron chi connectivity index (χ1n) is 6.64. The zero-order valence-electron chi connectivity index (χ0n) is 12.6. The summed E-state index contributed by atoms with van der Waals surface area (Å²) in [6.07, 6.45) is -0.286. The molecule has 1 aromatic carbocycles. The Labute approximate surface area is 120 Å². The van der Waals surface area contributed by atoms with Gasteiger partial charge in [-0.1, -0.05) is 12.6 Å². The van der Waals surface area contributed by atoms with Crippen molar-refractivity contribution in [1.29, 1.82) is 0 Å². The van der Waals surface area contributed by atoms with E-state index in [2.05, 4.69) is 6.58 Å². The number of carbonyl (C=O) groups is 1. The van der Waals surface area contributed by atoms with E-state index in [0.717, 1.165) is 16.9 Å². The molecule has 0 N–H and O–H groups in total. The van der Waals surface area contributed by atoms with Crippen LogP contribution in [-0.4, -0.2) is 18.9 Å². The summed E-state index contributed by atoms with van der Waals surface area (Å²) < 4.78 is 16.1. The van der Waals surface area contributed by atoms with Crippen molar-refractivity contribution >= 4 is 5.97 Å². The largest absolute Gasteiger partial charge is 0.465 e. The molecule has 0 saturated heterocycles. The molecule has 110 valence electrons. The van der Waals surface area contributed by atoms with Crippen molar-refractivity contribution in [2.24, 2.45) is 0 Å². The lowest BCUT2D eigenvalue weighted by Gasteiger charge is -2.16. The van der Waals surface area contributed by atoms with Gasteiger partial charge in [0.05, 0.1) is 0 Å². The molecular formula is C16H22O4. The van der Waals surface area contributed by atoms with Crippen molar-refractivity contribution in [3.8, 4) is 5.75 Å². The summed E-state index contributed by atoms with van der Waals surface area (Å²) in [6, 6.07) is 5.65. The van der Waals surface area contributed by atoms with Gasteiger partial charge in [0.2, 0.25) is 0 Å². The number of esters is 1. The van der Waals surface area contributed by atoms with E-state index in [1.54, 1.807) is 6.92 Å². The molecule has 20 heavy (non-hydrogen) atoms. The topological polar surface area (TPSA) is 44.8 Å². The Kier molecular flexibility index (Phi) is 6.25. The minimum Gasteiger partial charge on any atom is -0.465 e. The predicted molar refractivity (Wildman–Crippen MR) is 77.5 cm³/mol. The van der Waals surface area contributed by atoms with Crippen LogP contribution < -0.4 is 4.74 Å². The molecule has 0 amide bonds. The number of aryl methyl sites for hydroxylation is 1. The quantitative estimate of drug-likeness (QED) is 0.436. The van der Waals surface area contributed by atoms with Crippen LogP contribution in [0.15, 0.2) is 30.4 Å². The van der Waals surface area contributed by atoms with E-state index in [1.165, 1.54) is 0 Å². The van der Waals surface area contributed by atoms with Gasteiger partial charge in [0.15, 0.2) is 6.29 Å². The highest BCUT2D eigenvalue weighted by molar-refractivity contribution is 5.86. The molecule has 0 fully saturated rings. The fourth-order valence-electron chi connectivity index (χ4n) is 1.65. The highest BCUT2D eigenvalue weighted by atomic mass is 16.7. The molecule has 0 aromatic heterocycles. The van der Waals surface area contributed by atoms with Crippen molar-refractivity contribution in [3.63, 3.8) is 0 Å².